The van der Waals surface area contributed by atoms with E-state index in [-0.39, 0.29) is 25.5 Å². The lowest BCUT2D eigenvalue weighted by molar-refractivity contribution is -0.0352. The van der Waals surface area contributed by atoms with Crippen molar-refractivity contribution in [3.63, 3.8) is 0 Å². The summed E-state index contributed by atoms with van der Waals surface area (Å²) >= 11 is 1.19. The number of amides is 1. The third-order valence-electron chi connectivity index (χ3n) is 3.35. The molecule has 1 amide bonds. The first-order valence-electron chi connectivity index (χ1n) is 6.17. The molecular weight excluding hydrogens is 318 g/mol. The molecule has 2 heterocycles. The molecule has 8 nitrogen and oxygen atoms in total. The summed E-state index contributed by atoms with van der Waals surface area (Å²) in [6.45, 7) is 1.15. The van der Waals surface area contributed by atoms with Crippen molar-refractivity contribution in [2.24, 2.45) is 0 Å². The van der Waals surface area contributed by atoms with E-state index in [4.69, 9.17) is 0 Å². The van der Waals surface area contributed by atoms with Gasteiger partial charge in [-0.3, -0.25) is 4.79 Å². The lowest BCUT2D eigenvalue weighted by atomic mass is 10.0. The van der Waals surface area contributed by atoms with Gasteiger partial charge in [0, 0.05) is 13.1 Å². The highest BCUT2D eigenvalue weighted by molar-refractivity contribution is 7.88. The van der Waals surface area contributed by atoms with Crippen LogP contribution in [0.3, 0.4) is 0 Å². The number of β-amino-alcohol motifs (C(OH)–C–C–N with tert-alkyl or cyclic N) is 2. The first-order valence-corrected chi connectivity index (χ1v) is 8.94. The van der Waals surface area contributed by atoms with Gasteiger partial charge in [0.2, 0.25) is 10.0 Å². The number of carbonyl (C=O) groups is 1. The summed E-state index contributed by atoms with van der Waals surface area (Å²) < 4.78 is 24.3. The van der Waals surface area contributed by atoms with Crippen LogP contribution >= 0.6 is 11.3 Å². The van der Waals surface area contributed by atoms with Gasteiger partial charge in [0.05, 0.1) is 24.0 Å². The number of rotatable bonds is 4. The van der Waals surface area contributed by atoms with Crippen molar-refractivity contribution in [3.8, 4) is 0 Å². The number of thiazole rings is 1. The monoisotopic (exact) mass is 335 g/mol. The Hall–Kier alpha value is -1.07. The maximum absolute atomic E-state index is 12.3. The molecule has 0 aromatic carbocycles. The minimum Gasteiger partial charge on any atom is -0.388 e. The standard InChI is InChI=1S/C11H17N3O5S2/c1-7-9(20-6-12-7)10(16)14-3-8(15)11(17,5-14)4-13-21(2,18)19/h6,8,13,15,17H,3-5H2,1-2H3/t8-,11+/m1/s1. The van der Waals surface area contributed by atoms with Crippen LogP contribution in [0.5, 0.6) is 0 Å². The summed E-state index contributed by atoms with van der Waals surface area (Å²) in [5.41, 5.74) is 0.438. The Bertz CT molecular complexity index is 644. The quantitative estimate of drug-likeness (QED) is 0.619. The molecule has 1 aliphatic rings. The van der Waals surface area contributed by atoms with Crippen molar-refractivity contribution >= 4 is 27.3 Å². The minimum absolute atomic E-state index is 0.0574. The van der Waals surface area contributed by atoms with Gasteiger partial charge in [-0.05, 0) is 6.92 Å². The molecule has 1 saturated heterocycles. The van der Waals surface area contributed by atoms with E-state index < -0.39 is 21.7 Å². The highest BCUT2D eigenvalue weighted by atomic mass is 32.2. The number of nitrogens with one attached hydrogen (secondary N) is 1. The molecule has 2 rings (SSSR count). The molecule has 3 N–H and O–H groups in total. The summed E-state index contributed by atoms with van der Waals surface area (Å²) in [6.07, 6.45) is -0.259. The molecule has 1 aromatic rings. The normalized spacial score (nSPS) is 26.3. The van der Waals surface area contributed by atoms with Gasteiger partial charge in [-0.25, -0.2) is 18.1 Å². The first-order chi connectivity index (χ1) is 9.62. The van der Waals surface area contributed by atoms with Crippen LogP contribution in [0.1, 0.15) is 15.4 Å². The Kier molecular flexibility index (Phi) is 4.36. The Balaban J connectivity index is 2.10. The zero-order valence-corrected chi connectivity index (χ0v) is 13.2. The summed E-state index contributed by atoms with van der Waals surface area (Å²) in [4.78, 5) is 18.0. The van der Waals surface area contributed by atoms with Crippen LogP contribution in [-0.4, -0.2) is 72.0 Å². The molecule has 1 aromatic heterocycles. The fourth-order valence-corrected chi connectivity index (χ4v) is 3.40. The number of likely N-dealkylation sites (tertiary alicyclic amines) is 1. The average molecular weight is 335 g/mol. The number of aliphatic hydroxyl groups is 2. The molecule has 0 saturated carbocycles. The van der Waals surface area contributed by atoms with Gasteiger partial charge >= 0.3 is 0 Å². The van der Waals surface area contributed by atoms with Crippen molar-refractivity contribution in [2.45, 2.75) is 18.6 Å². The van der Waals surface area contributed by atoms with Gasteiger partial charge in [-0.2, -0.15) is 0 Å². The van der Waals surface area contributed by atoms with E-state index in [1.54, 1.807) is 12.4 Å². The van der Waals surface area contributed by atoms with Gasteiger partial charge in [0.15, 0.2) is 0 Å². The van der Waals surface area contributed by atoms with Gasteiger partial charge in [-0.1, -0.05) is 0 Å². The molecular formula is C11H17N3O5S2. The number of sulfonamides is 1. The second-order valence-corrected chi connectivity index (χ2v) is 7.85. The third kappa shape index (κ3) is 3.58. The summed E-state index contributed by atoms with van der Waals surface area (Å²) in [6, 6.07) is 0. The van der Waals surface area contributed by atoms with Crippen LogP contribution in [0.15, 0.2) is 5.51 Å². The van der Waals surface area contributed by atoms with Crippen molar-refractivity contribution in [3.05, 3.63) is 16.1 Å². The third-order valence-corrected chi connectivity index (χ3v) is 4.93. The molecule has 2 atom stereocenters. The predicted octanol–water partition coefficient (Wildman–Crippen LogP) is -1.45. The van der Waals surface area contributed by atoms with E-state index >= 15 is 0 Å². The maximum Gasteiger partial charge on any atom is 0.266 e. The Morgan fingerprint density at radius 2 is 2.33 bits per heavy atom. The molecule has 10 heteroatoms. The highest BCUT2D eigenvalue weighted by Crippen LogP contribution is 2.25. The summed E-state index contributed by atoms with van der Waals surface area (Å²) in [5.74, 6) is -0.329. The molecule has 0 bridgehead atoms. The second kappa shape index (κ2) is 5.61. The van der Waals surface area contributed by atoms with Gasteiger partial charge in [0.25, 0.3) is 5.91 Å². The Morgan fingerprint density at radius 3 is 2.86 bits per heavy atom. The van der Waals surface area contributed by atoms with E-state index in [0.29, 0.717) is 10.6 Å². The fraction of sp³-hybridized carbons (Fsp3) is 0.636. The van der Waals surface area contributed by atoms with Crippen LogP contribution in [-0.2, 0) is 10.0 Å². The summed E-state index contributed by atoms with van der Waals surface area (Å²) in [5, 5.41) is 20.3. The smallest absolute Gasteiger partial charge is 0.266 e. The molecule has 0 spiro atoms. The average Bonchev–Trinajstić information content (AvgIpc) is 2.91. The molecule has 1 fully saturated rings. The SMILES string of the molecule is Cc1ncsc1C(=O)N1C[C@@H](O)[C@](O)(CNS(C)(=O)=O)C1. The molecule has 0 aliphatic carbocycles. The second-order valence-electron chi connectivity index (χ2n) is 5.17. The van der Waals surface area contributed by atoms with Crippen molar-refractivity contribution in [2.75, 3.05) is 25.9 Å². The van der Waals surface area contributed by atoms with E-state index in [1.165, 1.54) is 16.2 Å². The minimum atomic E-state index is -3.49. The van der Waals surface area contributed by atoms with Crippen LogP contribution in [0, 0.1) is 6.92 Å². The van der Waals surface area contributed by atoms with Gasteiger partial charge in [0.1, 0.15) is 16.6 Å². The molecule has 118 valence electrons. The first kappa shape index (κ1) is 16.3. The lowest BCUT2D eigenvalue weighted by Crippen LogP contribution is -2.51. The number of carbonyl (C=O) groups excluding carboxylic acids is 1. The topological polar surface area (TPSA) is 120 Å². The van der Waals surface area contributed by atoms with Gasteiger partial charge < -0.3 is 15.1 Å². The number of hydrogen-bond acceptors (Lipinski definition) is 7. The zero-order chi connectivity index (χ0) is 15.8. The van der Waals surface area contributed by atoms with Crippen molar-refractivity contribution in [1.29, 1.82) is 0 Å². The highest BCUT2D eigenvalue weighted by Gasteiger charge is 2.46. The van der Waals surface area contributed by atoms with Crippen LogP contribution in [0.25, 0.3) is 0 Å². The van der Waals surface area contributed by atoms with E-state index in [0.717, 1.165) is 6.26 Å². The van der Waals surface area contributed by atoms with Crippen LogP contribution in [0.2, 0.25) is 0 Å². The number of aliphatic hydroxyl groups excluding tert-OH is 1. The zero-order valence-electron chi connectivity index (χ0n) is 11.6. The Morgan fingerprint density at radius 1 is 1.67 bits per heavy atom. The van der Waals surface area contributed by atoms with Gasteiger partial charge in [-0.15, -0.1) is 11.3 Å². The number of nitrogens with zero attached hydrogens (tertiary/aromatic N) is 2. The number of aromatic nitrogens is 1. The van der Waals surface area contributed by atoms with Crippen molar-refractivity contribution < 1.29 is 23.4 Å². The van der Waals surface area contributed by atoms with Crippen molar-refractivity contribution in [1.82, 2.24) is 14.6 Å². The molecule has 21 heavy (non-hydrogen) atoms. The van der Waals surface area contributed by atoms with E-state index in [9.17, 15) is 23.4 Å². The number of hydrogen-bond donors (Lipinski definition) is 3. The summed E-state index contributed by atoms with van der Waals surface area (Å²) in [7, 11) is -3.49. The van der Waals surface area contributed by atoms with Crippen LogP contribution < -0.4 is 4.72 Å². The molecule has 0 unspecified atom stereocenters. The molecule has 1 aliphatic heterocycles. The fourth-order valence-electron chi connectivity index (χ4n) is 2.11. The van der Waals surface area contributed by atoms with E-state index in [2.05, 4.69) is 9.71 Å². The maximum atomic E-state index is 12.3. The largest absolute Gasteiger partial charge is 0.388 e. The van der Waals surface area contributed by atoms with E-state index in [1.807, 2.05) is 0 Å². The molecule has 0 radical (unpaired) electrons. The number of aryl methyl sites for hydroxylation is 1. The lowest BCUT2D eigenvalue weighted by Gasteiger charge is -2.25. The van der Waals surface area contributed by atoms with Crippen LogP contribution in [0.4, 0.5) is 0 Å². The Labute approximate surface area is 126 Å². The predicted molar refractivity (Wildman–Crippen MR) is 76.6 cm³/mol.